The van der Waals surface area contributed by atoms with Gasteiger partial charge < -0.3 is 10.1 Å². The van der Waals surface area contributed by atoms with Crippen molar-refractivity contribution in [3.05, 3.63) is 0 Å². The van der Waals surface area contributed by atoms with Crippen LogP contribution in [0.4, 0.5) is 0 Å². The van der Waals surface area contributed by atoms with Crippen LogP contribution in [0, 0.1) is 5.92 Å². The molecule has 0 radical (unpaired) electrons. The fourth-order valence-corrected chi connectivity index (χ4v) is 1.21. The average Bonchev–Trinajstić information content (AvgIpc) is 1.96. The SMILES string of the molecule is CC(C)CCNCC(C)OC(C)C. The van der Waals surface area contributed by atoms with E-state index in [0.29, 0.717) is 12.2 Å². The van der Waals surface area contributed by atoms with E-state index in [9.17, 15) is 0 Å². The highest BCUT2D eigenvalue weighted by molar-refractivity contribution is 4.57. The van der Waals surface area contributed by atoms with Crippen LogP contribution in [-0.2, 0) is 4.74 Å². The summed E-state index contributed by atoms with van der Waals surface area (Å²) in [5.41, 5.74) is 0. The summed E-state index contributed by atoms with van der Waals surface area (Å²) < 4.78 is 5.59. The molecule has 0 saturated carbocycles. The van der Waals surface area contributed by atoms with Crippen LogP contribution in [0.15, 0.2) is 0 Å². The summed E-state index contributed by atoms with van der Waals surface area (Å²) in [6.07, 6.45) is 1.91. The minimum Gasteiger partial charge on any atom is -0.375 e. The maximum absolute atomic E-state index is 5.59. The minimum absolute atomic E-state index is 0.326. The third-order valence-electron chi connectivity index (χ3n) is 1.83. The molecule has 0 aliphatic heterocycles. The maximum atomic E-state index is 5.59. The highest BCUT2D eigenvalue weighted by atomic mass is 16.5. The number of hydrogen-bond acceptors (Lipinski definition) is 2. The molecule has 1 unspecified atom stereocenters. The van der Waals surface area contributed by atoms with Gasteiger partial charge >= 0.3 is 0 Å². The van der Waals surface area contributed by atoms with Gasteiger partial charge in [0.2, 0.25) is 0 Å². The third-order valence-corrected chi connectivity index (χ3v) is 1.83. The zero-order valence-corrected chi connectivity index (χ0v) is 9.76. The number of nitrogens with one attached hydrogen (secondary N) is 1. The zero-order valence-electron chi connectivity index (χ0n) is 9.76. The normalized spacial score (nSPS) is 14.1. The standard InChI is InChI=1S/C11H25NO/c1-9(2)6-7-12-8-11(5)13-10(3)4/h9-12H,6-8H2,1-5H3. The molecule has 0 fully saturated rings. The van der Waals surface area contributed by atoms with Gasteiger partial charge in [0.05, 0.1) is 12.2 Å². The van der Waals surface area contributed by atoms with Gasteiger partial charge in [-0.2, -0.15) is 0 Å². The van der Waals surface area contributed by atoms with Crippen molar-refractivity contribution in [2.45, 2.75) is 53.2 Å². The van der Waals surface area contributed by atoms with Crippen molar-refractivity contribution in [3.63, 3.8) is 0 Å². The van der Waals surface area contributed by atoms with Gasteiger partial charge in [0.25, 0.3) is 0 Å². The lowest BCUT2D eigenvalue weighted by molar-refractivity contribution is 0.0195. The molecular formula is C11H25NO. The molecule has 2 nitrogen and oxygen atoms in total. The molecule has 80 valence electrons. The molecule has 1 N–H and O–H groups in total. The van der Waals surface area contributed by atoms with Crippen LogP contribution in [0.1, 0.15) is 41.0 Å². The number of ether oxygens (including phenoxy) is 1. The first-order valence-corrected chi connectivity index (χ1v) is 5.38. The van der Waals surface area contributed by atoms with Gasteiger partial charge in [-0.1, -0.05) is 13.8 Å². The Bertz CT molecular complexity index is 113. The Hall–Kier alpha value is -0.0800. The van der Waals surface area contributed by atoms with Crippen molar-refractivity contribution in [1.29, 1.82) is 0 Å². The van der Waals surface area contributed by atoms with Crippen molar-refractivity contribution in [2.24, 2.45) is 5.92 Å². The largest absolute Gasteiger partial charge is 0.375 e. The van der Waals surface area contributed by atoms with E-state index in [1.165, 1.54) is 6.42 Å². The Morgan fingerprint density at radius 2 is 1.69 bits per heavy atom. The molecule has 0 heterocycles. The summed E-state index contributed by atoms with van der Waals surface area (Å²) >= 11 is 0. The van der Waals surface area contributed by atoms with Crippen molar-refractivity contribution < 1.29 is 4.74 Å². The van der Waals surface area contributed by atoms with Crippen LogP contribution in [-0.4, -0.2) is 25.3 Å². The highest BCUT2D eigenvalue weighted by Crippen LogP contribution is 1.98. The summed E-state index contributed by atoms with van der Waals surface area (Å²) in [7, 11) is 0. The van der Waals surface area contributed by atoms with E-state index in [2.05, 4.69) is 39.9 Å². The second-order valence-electron chi connectivity index (χ2n) is 4.38. The molecule has 0 aliphatic carbocycles. The Labute approximate surface area is 83.1 Å². The first-order chi connectivity index (χ1) is 6.02. The van der Waals surface area contributed by atoms with Gasteiger partial charge in [-0.15, -0.1) is 0 Å². The van der Waals surface area contributed by atoms with Crippen LogP contribution in [0.5, 0.6) is 0 Å². The Kier molecular flexibility index (Phi) is 7.29. The molecule has 0 aromatic heterocycles. The third kappa shape index (κ3) is 9.84. The molecule has 0 bridgehead atoms. The maximum Gasteiger partial charge on any atom is 0.0674 e. The molecular weight excluding hydrogens is 162 g/mol. The second-order valence-corrected chi connectivity index (χ2v) is 4.38. The Morgan fingerprint density at radius 3 is 2.15 bits per heavy atom. The number of hydrogen-bond donors (Lipinski definition) is 1. The lowest BCUT2D eigenvalue weighted by Gasteiger charge is -2.16. The highest BCUT2D eigenvalue weighted by Gasteiger charge is 2.03. The lowest BCUT2D eigenvalue weighted by Crippen LogP contribution is -2.29. The molecule has 1 atom stereocenters. The summed E-state index contributed by atoms with van der Waals surface area (Å²) in [5.74, 6) is 0.786. The van der Waals surface area contributed by atoms with E-state index < -0.39 is 0 Å². The van der Waals surface area contributed by atoms with E-state index in [-0.39, 0.29) is 0 Å². The Morgan fingerprint density at radius 1 is 1.08 bits per heavy atom. The molecule has 0 spiro atoms. The van der Waals surface area contributed by atoms with Gasteiger partial charge in [0.1, 0.15) is 0 Å². The van der Waals surface area contributed by atoms with Crippen LogP contribution in [0.25, 0.3) is 0 Å². The van der Waals surface area contributed by atoms with E-state index >= 15 is 0 Å². The predicted molar refractivity (Wildman–Crippen MR) is 58.0 cm³/mol. The topological polar surface area (TPSA) is 21.3 Å². The monoisotopic (exact) mass is 187 g/mol. The molecule has 0 amide bonds. The van der Waals surface area contributed by atoms with Crippen LogP contribution in [0.3, 0.4) is 0 Å². The molecule has 0 aromatic carbocycles. The van der Waals surface area contributed by atoms with Crippen molar-refractivity contribution in [3.8, 4) is 0 Å². The van der Waals surface area contributed by atoms with Gasteiger partial charge in [-0.25, -0.2) is 0 Å². The number of rotatable bonds is 7. The summed E-state index contributed by atoms with van der Waals surface area (Å²) in [6.45, 7) is 12.8. The van der Waals surface area contributed by atoms with Crippen molar-refractivity contribution >= 4 is 0 Å². The summed E-state index contributed by atoms with van der Waals surface area (Å²) in [4.78, 5) is 0. The quantitative estimate of drug-likeness (QED) is 0.618. The van der Waals surface area contributed by atoms with Gasteiger partial charge in [-0.3, -0.25) is 0 Å². The van der Waals surface area contributed by atoms with E-state index in [1.807, 2.05) is 0 Å². The molecule has 0 aliphatic rings. The molecule has 0 rings (SSSR count). The lowest BCUT2D eigenvalue weighted by atomic mass is 10.1. The van der Waals surface area contributed by atoms with E-state index in [1.54, 1.807) is 0 Å². The zero-order chi connectivity index (χ0) is 10.3. The fourth-order valence-electron chi connectivity index (χ4n) is 1.21. The van der Waals surface area contributed by atoms with Crippen LogP contribution >= 0.6 is 0 Å². The van der Waals surface area contributed by atoms with Crippen LogP contribution < -0.4 is 5.32 Å². The summed E-state index contributed by atoms with van der Waals surface area (Å²) in [5, 5.41) is 3.40. The average molecular weight is 187 g/mol. The summed E-state index contributed by atoms with van der Waals surface area (Å²) in [6, 6.07) is 0. The Balaban J connectivity index is 3.22. The molecule has 13 heavy (non-hydrogen) atoms. The van der Waals surface area contributed by atoms with Crippen molar-refractivity contribution in [1.82, 2.24) is 5.32 Å². The van der Waals surface area contributed by atoms with Crippen molar-refractivity contribution in [2.75, 3.05) is 13.1 Å². The first-order valence-electron chi connectivity index (χ1n) is 5.38. The molecule has 0 saturated heterocycles. The first kappa shape index (κ1) is 12.9. The fraction of sp³-hybridized carbons (Fsp3) is 1.00. The van der Waals surface area contributed by atoms with Gasteiger partial charge in [-0.05, 0) is 39.7 Å². The molecule has 2 heteroatoms. The van der Waals surface area contributed by atoms with Gasteiger partial charge in [0.15, 0.2) is 0 Å². The minimum atomic E-state index is 0.326. The molecule has 0 aromatic rings. The van der Waals surface area contributed by atoms with E-state index in [0.717, 1.165) is 19.0 Å². The van der Waals surface area contributed by atoms with Crippen LogP contribution in [0.2, 0.25) is 0 Å². The second kappa shape index (κ2) is 7.34. The smallest absolute Gasteiger partial charge is 0.0674 e. The predicted octanol–water partition coefficient (Wildman–Crippen LogP) is 2.44. The van der Waals surface area contributed by atoms with Gasteiger partial charge in [0, 0.05) is 6.54 Å². The van der Waals surface area contributed by atoms with E-state index in [4.69, 9.17) is 4.74 Å².